The lowest BCUT2D eigenvalue weighted by molar-refractivity contribution is -0.139. The molecule has 0 saturated heterocycles. The van der Waals surface area contributed by atoms with Gasteiger partial charge < -0.3 is 9.30 Å². The van der Waals surface area contributed by atoms with Gasteiger partial charge in [-0.1, -0.05) is 23.2 Å². The number of aryl methyl sites for hydroxylation is 1. The van der Waals surface area contributed by atoms with Gasteiger partial charge in [0.1, 0.15) is 0 Å². The van der Waals surface area contributed by atoms with E-state index in [4.69, 9.17) is 27.9 Å². The lowest BCUT2D eigenvalue weighted by Gasteiger charge is -2.08. The Labute approximate surface area is 166 Å². The number of carbonyl (C=O) groups is 2. The van der Waals surface area contributed by atoms with Gasteiger partial charge in [-0.25, -0.2) is 0 Å². The van der Waals surface area contributed by atoms with Crippen LogP contribution in [0.4, 0.5) is 0 Å². The van der Waals surface area contributed by atoms with Gasteiger partial charge in [0.05, 0.1) is 10.8 Å². The van der Waals surface area contributed by atoms with E-state index in [1.54, 1.807) is 18.2 Å². The molecule has 26 heavy (non-hydrogen) atoms. The fourth-order valence-electron chi connectivity index (χ4n) is 2.94. The van der Waals surface area contributed by atoms with E-state index in [1.165, 1.54) is 11.8 Å². The molecule has 0 unspecified atom stereocenters. The van der Waals surface area contributed by atoms with Crippen molar-refractivity contribution in [2.75, 3.05) is 12.4 Å². The van der Waals surface area contributed by atoms with Crippen molar-refractivity contribution in [3.63, 3.8) is 0 Å². The van der Waals surface area contributed by atoms with Gasteiger partial charge >= 0.3 is 5.97 Å². The summed E-state index contributed by atoms with van der Waals surface area (Å²) in [5.41, 5.74) is 2.66. The maximum absolute atomic E-state index is 12.4. The normalized spacial score (nSPS) is 13.7. The smallest absolute Gasteiger partial charge is 0.316 e. The Morgan fingerprint density at radius 1 is 1.23 bits per heavy atom. The van der Waals surface area contributed by atoms with Crippen LogP contribution >= 0.6 is 35.0 Å². The fraction of sp³-hybridized carbons (Fsp3) is 0.368. The zero-order valence-electron chi connectivity index (χ0n) is 14.6. The van der Waals surface area contributed by atoms with Crippen molar-refractivity contribution in [2.24, 2.45) is 0 Å². The number of hydrogen-bond donors (Lipinski definition) is 0. The Hall–Kier alpha value is -1.43. The number of thioether (sulfide) groups is 1. The molecule has 0 amide bonds. The summed E-state index contributed by atoms with van der Waals surface area (Å²) in [5.74, 6) is -0.575. The van der Waals surface area contributed by atoms with Crippen molar-refractivity contribution in [1.82, 2.24) is 4.57 Å². The number of halogens is 2. The standard InChI is InChI=1S/C19H19Cl2NO3S/c1-11-7-15(12(2)22(11)14-4-5-14)17(23)9-25-19(24)10-26-18-8-13(20)3-6-16(18)21/h3,6-8,14H,4-5,9-10H2,1-2H3. The van der Waals surface area contributed by atoms with Crippen molar-refractivity contribution in [3.05, 3.63) is 51.3 Å². The second kappa shape index (κ2) is 8.07. The Morgan fingerprint density at radius 2 is 1.96 bits per heavy atom. The van der Waals surface area contributed by atoms with Crippen LogP contribution in [0.2, 0.25) is 10.0 Å². The molecule has 0 radical (unpaired) electrons. The van der Waals surface area contributed by atoms with Crippen LogP contribution in [0.25, 0.3) is 0 Å². The number of carbonyl (C=O) groups excluding carboxylic acids is 2. The minimum atomic E-state index is -0.463. The molecule has 0 N–H and O–H groups in total. The van der Waals surface area contributed by atoms with E-state index in [0.29, 0.717) is 26.5 Å². The zero-order valence-corrected chi connectivity index (χ0v) is 16.9. The van der Waals surface area contributed by atoms with Crippen LogP contribution in [-0.2, 0) is 9.53 Å². The first kappa shape index (κ1) is 19.3. The molecule has 1 aromatic heterocycles. The summed E-state index contributed by atoms with van der Waals surface area (Å²) in [6.45, 7) is 3.69. The van der Waals surface area contributed by atoms with Crippen LogP contribution in [0.15, 0.2) is 29.2 Å². The van der Waals surface area contributed by atoms with Crippen LogP contribution in [0.3, 0.4) is 0 Å². The summed E-state index contributed by atoms with van der Waals surface area (Å²) in [4.78, 5) is 25.1. The second-order valence-corrected chi connectivity index (χ2v) is 8.19. The highest BCUT2D eigenvalue weighted by molar-refractivity contribution is 8.00. The summed E-state index contributed by atoms with van der Waals surface area (Å²) in [6, 6.07) is 7.45. The molecule has 1 saturated carbocycles. The van der Waals surface area contributed by atoms with E-state index >= 15 is 0 Å². The second-order valence-electron chi connectivity index (χ2n) is 6.33. The molecule has 4 nitrogen and oxygen atoms in total. The average molecular weight is 412 g/mol. The SMILES string of the molecule is Cc1cc(C(=O)COC(=O)CSc2cc(Cl)ccc2Cl)c(C)n1C1CC1. The predicted molar refractivity (Wildman–Crippen MR) is 105 cm³/mol. The largest absolute Gasteiger partial charge is 0.457 e. The molecule has 3 rings (SSSR count). The molecular formula is C19H19Cl2NO3S. The van der Waals surface area contributed by atoms with Crippen molar-refractivity contribution >= 4 is 46.7 Å². The van der Waals surface area contributed by atoms with Crippen LogP contribution in [-0.4, -0.2) is 28.7 Å². The summed E-state index contributed by atoms with van der Waals surface area (Å²) >= 11 is 13.2. The van der Waals surface area contributed by atoms with Crippen molar-refractivity contribution in [3.8, 4) is 0 Å². The summed E-state index contributed by atoms with van der Waals surface area (Å²) < 4.78 is 7.34. The van der Waals surface area contributed by atoms with Crippen molar-refractivity contribution in [1.29, 1.82) is 0 Å². The van der Waals surface area contributed by atoms with Gasteiger partial charge in [-0.2, -0.15) is 0 Å². The van der Waals surface area contributed by atoms with E-state index in [0.717, 1.165) is 24.2 Å². The highest BCUT2D eigenvalue weighted by atomic mass is 35.5. The summed E-state index contributed by atoms with van der Waals surface area (Å²) in [6.07, 6.45) is 2.31. The van der Waals surface area contributed by atoms with Gasteiger partial charge in [-0.15, -0.1) is 11.8 Å². The van der Waals surface area contributed by atoms with Gasteiger partial charge in [0, 0.05) is 32.9 Å². The molecule has 0 bridgehead atoms. The topological polar surface area (TPSA) is 48.3 Å². The molecule has 138 valence electrons. The lowest BCUT2D eigenvalue weighted by Crippen LogP contribution is -2.16. The molecule has 0 aliphatic heterocycles. The van der Waals surface area contributed by atoms with Crippen LogP contribution in [0.5, 0.6) is 0 Å². The Balaban J connectivity index is 1.54. The number of nitrogens with zero attached hydrogens (tertiary/aromatic N) is 1. The molecular weight excluding hydrogens is 393 g/mol. The third-order valence-electron chi connectivity index (χ3n) is 4.30. The Bertz CT molecular complexity index is 859. The lowest BCUT2D eigenvalue weighted by atomic mass is 10.1. The van der Waals surface area contributed by atoms with E-state index in [9.17, 15) is 9.59 Å². The first-order valence-corrected chi connectivity index (χ1v) is 10.1. The molecule has 7 heteroatoms. The molecule has 0 spiro atoms. The van der Waals surface area contributed by atoms with Crippen molar-refractivity contribution < 1.29 is 14.3 Å². The van der Waals surface area contributed by atoms with E-state index in [1.807, 2.05) is 19.9 Å². The number of ether oxygens (including phenoxy) is 1. The zero-order chi connectivity index (χ0) is 18.8. The minimum Gasteiger partial charge on any atom is -0.457 e. The third-order valence-corrected chi connectivity index (χ3v) is 6.01. The molecule has 1 aliphatic rings. The molecule has 2 aromatic rings. The first-order chi connectivity index (χ1) is 12.4. The average Bonchev–Trinajstić information content (AvgIpc) is 3.38. The summed E-state index contributed by atoms with van der Waals surface area (Å²) in [7, 11) is 0. The highest BCUT2D eigenvalue weighted by Crippen LogP contribution is 2.38. The number of ketones is 1. The summed E-state index contributed by atoms with van der Waals surface area (Å²) in [5, 5.41) is 1.07. The number of hydrogen-bond acceptors (Lipinski definition) is 4. The predicted octanol–water partition coefficient (Wildman–Crippen LogP) is 5.26. The first-order valence-electron chi connectivity index (χ1n) is 8.32. The maximum Gasteiger partial charge on any atom is 0.316 e. The number of rotatable bonds is 7. The Morgan fingerprint density at radius 3 is 2.65 bits per heavy atom. The van der Waals surface area contributed by atoms with Gasteiger partial charge in [0.15, 0.2) is 6.61 Å². The van der Waals surface area contributed by atoms with Gasteiger partial charge in [-0.3, -0.25) is 9.59 Å². The molecule has 0 atom stereocenters. The van der Waals surface area contributed by atoms with Crippen LogP contribution in [0.1, 0.15) is 40.6 Å². The molecule has 1 fully saturated rings. The van der Waals surface area contributed by atoms with Gasteiger partial charge in [0.2, 0.25) is 5.78 Å². The molecule has 1 aliphatic carbocycles. The molecule has 1 heterocycles. The fourth-order valence-corrected chi connectivity index (χ4v) is 4.23. The highest BCUT2D eigenvalue weighted by Gasteiger charge is 2.28. The monoisotopic (exact) mass is 411 g/mol. The maximum atomic E-state index is 12.4. The number of benzene rings is 1. The van der Waals surface area contributed by atoms with E-state index < -0.39 is 5.97 Å². The van der Waals surface area contributed by atoms with E-state index in [-0.39, 0.29) is 18.1 Å². The minimum absolute atomic E-state index is 0.0639. The van der Waals surface area contributed by atoms with Crippen LogP contribution in [0, 0.1) is 13.8 Å². The quantitative estimate of drug-likeness (QED) is 0.353. The number of esters is 1. The Kier molecular flexibility index (Phi) is 6.00. The van der Waals surface area contributed by atoms with Crippen LogP contribution < -0.4 is 0 Å². The van der Waals surface area contributed by atoms with Gasteiger partial charge in [-0.05, 0) is 51.0 Å². The third kappa shape index (κ3) is 4.45. The molecule has 1 aromatic carbocycles. The van der Waals surface area contributed by atoms with Gasteiger partial charge in [0.25, 0.3) is 0 Å². The van der Waals surface area contributed by atoms with Crippen molar-refractivity contribution in [2.45, 2.75) is 37.6 Å². The van der Waals surface area contributed by atoms with E-state index in [2.05, 4.69) is 4.57 Å². The number of aromatic nitrogens is 1. The number of Topliss-reactive ketones (excluding diaryl/α,β-unsaturated/α-hetero) is 1.